The standard InChI is InChI=1S/C19H17N3O2/c23-19(21-14-15-8-6-7-13-20-15)22-17-11-4-5-12-18(17)24-16-9-2-1-3-10-16/h1-13H,14H2,(H2,21,22,23). The van der Waals surface area contributed by atoms with Crippen LogP contribution in [0.5, 0.6) is 11.5 Å². The van der Waals surface area contributed by atoms with Gasteiger partial charge in [-0.1, -0.05) is 36.4 Å². The molecule has 1 heterocycles. The number of benzene rings is 2. The first-order valence-corrected chi connectivity index (χ1v) is 7.58. The summed E-state index contributed by atoms with van der Waals surface area (Å²) in [5.74, 6) is 1.29. The van der Waals surface area contributed by atoms with Crippen LogP contribution < -0.4 is 15.4 Å². The second-order valence-electron chi connectivity index (χ2n) is 5.04. The van der Waals surface area contributed by atoms with Crippen LogP contribution in [0.4, 0.5) is 10.5 Å². The fraction of sp³-hybridized carbons (Fsp3) is 0.0526. The number of anilines is 1. The largest absolute Gasteiger partial charge is 0.455 e. The van der Waals surface area contributed by atoms with Gasteiger partial charge in [-0.05, 0) is 36.4 Å². The lowest BCUT2D eigenvalue weighted by molar-refractivity contribution is 0.251. The highest BCUT2D eigenvalue weighted by Crippen LogP contribution is 2.28. The van der Waals surface area contributed by atoms with Gasteiger partial charge in [-0.15, -0.1) is 0 Å². The van der Waals surface area contributed by atoms with E-state index in [4.69, 9.17) is 4.74 Å². The van der Waals surface area contributed by atoms with Gasteiger partial charge in [-0.3, -0.25) is 4.98 Å². The van der Waals surface area contributed by atoms with Crippen LogP contribution in [0.3, 0.4) is 0 Å². The van der Waals surface area contributed by atoms with Crippen LogP contribution in [0.15, 0.2) is 79.0 Å². The zero-order valence-corrected chi connectivity index (χ0v) is 13.0. The molecule has 1 aromatic heterocycles. The Morgan fingerprint density at radius 1 is 0.917 bits per heavy atom. The number of para-hydroxylation sites is 3. The summed E-state index contributed by atoms with van der Waals surface area (Å²) >= 11 is 0. The molecule has 5 heteroatoms. The number of carbonyl (C=O) groups is 1. The number of nitrogens with zero attached hydrogens (tertiary/aromatic N) is 1. The lowest BCUT2D eigenvalue weighted by Crippen LogP contribution is -2.28. The SMILES string of the molecule is O=C(NCc1ccccn1)Nc1ccccc1Oc1ccccc1. The first kappa shape index (κ1) is 15.6. The minimum Gasteiger partial charge on any atom is -0.455 e. The lowest BCUT2D eigenvalue weighted by Gasteiger charge is -2.12. The fourth-order valence-electron chi connectivity index (χ4n) is 2.11. The number of pyridine rings is 1. The van der Waals surface area contributed by atoms with E-state index >= 15 is 0 Å². The van der Waals surface area contributed by atoms with E-state index in [1.54, 1.807) is 18.3 Å². The zero-order chi connectivity index (χ0) is 16.6. The summed E-state index contributed by atoms with van der Waals surface area (Å²) in [6, 6.07) is 22.0. The zero-order valence-electron chi connectivity index (χ0n) is 13.0. The average Bonchev–Trinajstić information content (AvgIpc) is 2.63. The predicted molar refractivity (Wildman–Crippen MR) is 93.1 cm³/mol. The number of nitrogens with one attached hydrogen (secondary N) is 2. The van der Waals surface area contributed by atoms with E-state index in [1.165, 1.54) is 0 Å². The minimum atomic E-state index is -0.315. The van der Waals surface area contributed by atoms with E-state index in [-0.39, 0.29) is 6.03 Å². The number of hydrogen-bond donors (Lipinski definition) is 2. The van der Waals surface area contributed by atoms with E-state index in [2.05, 4.69) is 15.6 Å². The van der Waals surface area contributed by atoms with Gasteiger partial charge in [0.25, 0.3) is 0 Å². The van der Waals surface area contributed by atoms with Gasteiger partial charge in [0.2, 0.25) is 0 Å². The Balaban J connectivity index is 1.63. The molecule has 5 nitrogen and oxygen atoms in total. The second kappa shape index (κ2) is 7.78. The van der Waals surface area contributed by atoms with Crippen LogP contribution in [-0.2, 0) is 6.54 Å². The van der Waals surface area contributed by atoms with Crippen molar-refractivity contribution in [1.82, 2.24) is 10.3 Å². The van der Waals surface area contributed by atoms with Gasteiger partial charge >= 0.3 is 6.03 Å². The molecule has 2 amide bonds. The van der Waals surface area contributed by atoms with E-state index < -0.39 is 0 Å². The predicted octanol–water partition coefficient (Wildman–Crippen LogP) is 4.20. The van der Waals surface area contributed by atoms with Crippen molar-refractivity contribution in [1.29, 1.82) is 0 Å². The number of amides is 2. The van der Waals surface area contributed by atoms with Crippen molar-refractivity contribution in [3.05, 3.63) is 84.7 Å². The first-order chi connectivity index (χ1) is 11.8. The van der Waals surface area contributed by atoms with Gasteiger partial charge in [0, 0.05) is 6.20 Å². The average molecular weight is 319 g/mol. The Hall–Kier alpha value is -3.34. The molecule has 3 rings (SSSR count). The lowest BCUT2D eigenvalue weighted by atomic mass is 10.3. The Labute approximate surface area is 140 Å². The van der Waals surface area contributed by atoms with Crippen LogP contribution in [0, 0.1) is 0 Å². The topological polar surface area (TPSA) is 63.2 Å². The van der Waals surface area contributed by atoms with Crippen LogP contribution in [0.1, 0.15) is 5.69 Å². The highest BCUT2D eigenvalue weighted by Gasteiger charge is 2.08. The molecule has 2 N–H and O–H groups in total. The third-order valence-electron chi connectivity index (χ3n) is 3.26. The van der Waals surface area contributed by atoms with Crippen molar-refractivity contribution in [2.24, 2.45) is 0 Å². The molecule has 0 aliphatic rings. The molecule has 0 saturated heterocycles. The molecule has 0 bridgehead atoms. The summed E-state index contributed by atoms with van der Waals surface area (Å²) < 4.78 is 5.82. The molecule has 0 aliphatic carbocycles. The quantitative estimate of drug-likeness (QED) is 0.741. The van der Waals surface area contributed by atoms with E-state index in [9.17, 15) is 4.79 Å². The van der Waals surface area contributed by atoms with Crippen molar-refractivity contribution in [3.8, 4) is 11.5 Å². The molecule has 0 fully saturated rings. The molecule has 0 spiro atoms. The van der Waals surface area contributed by atoms with Gasteiger partial charge in [0.1, 0.15) is 5.75 Å². The van der Waals surface area contributed by atoms with Crippen molar-refractivity contribution in [2.75, 3.05) is 5.32 Å². The van der Waals surface area contributed by atoms with Gasteiger partial charge in [-0.25, -0.2) is 4.79 Å². The van der Waals surface area contributed by atoms with Gasteiger partial charge in [0.15, 0.2) is 5.75 Å². The van der Waals surface area contributed by atoms with Crippen molar-refractivity contribution < 1.29 is 9.53 Å². The second-order valence-corrected chi connectivity index (χ2v) is 5.04. The van der Waals surface area contributed by atoms with Crippen LogP contribution in [-0.4, -0.2) is 11.0 Å². The maximum absolute atomic E-state index is 12.1. The summed E-state index contributed by atoms with van der Waals surface area (Å²) in [6.07, 6.45) is 1.69. The van der Waals surface area contributed by atoms with Crippen LogP contribution in [0.25, 0.3) is 0 Å². The highest BCUT2D eigenvalue weighted by atomic mass is 16.5. The fourth-order valence-corrected chi connectivity index (χ4v) is 2.11. The third kappa shape index (κ3) is 4.33. The van der Waals surface area contributed by atoms with Gasteiger partial charge in [-0.2, -0.15) is 0 Å². The maximum Gasteiger partial charge on any atom is 0.319 e. The molecule has 0 saturated carbocycles. The smallest absolute Gasteiger partial charge is 0.319 e. The van der Waals surface area contributed by atoms with E-state index in [1.807, 2.05) is 60.7 Å². The summed E-state index contributed by atoms with van der Waals surface area (Å²) in [7, 11) is 0. The summed E-state index contributed by atoms with van der Waals surface area (Å²) in [5, 5.41) is 5.57. The third-order valence-corrected chi connectivity index (χ3v) is 3.26. The number of urea groups is 1. The molecule has 2 aromatic carbocycles. The molecular formula is C19H17N3O2. The molecule has 120 valence electrons. The Bertz CT molecular complexity index is 792. The number of rotatable bonds is 5. The molecule has 3 aromatic rings. The van der Waals surface area contributed by atoms with Gasteiger partial charge in [0.05, 0.1) is 17.9 Å². The van der Waals surface area contributed by atoms with Crippen molar-refractivity contribution in [3.63, 3.8) is 0 Å². The first-order valence-electron chi connectivity index (χ1n) is 7.58. The molecule has 0 radical (unpaired) electrons. The van der Waals surface area contributed by atoms with E-state index in [0.29, 0.717) is 23.7 Å². The number of hydrogen-bond acceptors (Lipinski definition) is 3. The summed E-state index contributed by atoms with van der Waals surface area (Å²) in [4.78, 5) is 16.2. The Morgan fingerprint density at radius 3 is 2.46 bits per heavy atom. The Kier molecular flexibility index (Phi) is 5.04. The molecule has 24 heavy (non-hydrogen) atoms. The summed E-state index contributed by atoms with van der Waals surface area (Å²) in [6.45, 7) is 0.356. The van der Waals surface area contributed by atoms with E-state index in [0.717, 1.165) is 5.69 Å². The molecule has 0 aliphatic heterocycles. The van der Waals surface area contributed by atoms with Crippen LogP contribution >= 0.6 is 0 Å². The molecule has 0 atom stereocenters. The molecular weight excluding hydrogens is 302 g/mol. The molecule has 0 unspecified atom stereocenters. The van der Waals surface area contributed by atoms with Crippen molar-refractivity contribution in [2.45, 2.75) is 6.54 Å². The number of ether oxygens (including phenoxy) is 1. The Morgan fingerprint density at radius 2 is 1.67 bits per heavy atom. The minimum absolute atomic E-state index is 0.315. The van der Waals surface area contributed by atoms with Gasteiger partial charge < -0.3 is 15.4 Å². The number of carbonyl (C=O) groups excluding carboxylic acids is 1. The summed E-state index contributed by atoms with van der Waals surface area (Å²) in [5.41, 5.74) is 1.39. The maximum atomic E-state index is 12.1. The monoisotopic (exact) mass is 319 g/mol. The highest BCUT2D eigenvalue weighted by molar-refractivity contribution is 5.90. The number of aromatic nitrogens is 1. The van der Waals surface area contributed by atoms with Crippen LogP contribution in [0.2, 0.25) is 0 Å². The van der Waals surface area contributed by atoms with Crippen molar-refractivity contribution >= 4 is 11.7 Å². The normalized spacial score (nSPS) is 10.0.